The highest BCUT2D eigenvalue weighted by Gasteiger charge is 2.28. The Morgan fingerprint density at radius 1 is 1.64 bits per heavy atom. The number of hydrogen-bond acceptors (Lipinski definition) is 3. The summed E-state index contributed by atoms with van der Waals surface area (Å²) in [5, 5.41) is 6.06. The van der Waals surface area contributed by atoms with Crippen LogP contribution in [0, 0.1) is 5.92 Å². The molecule has 0 radical (unpaired) electrons. The fourth-order valence-electron chi connectivity index (χ4n) is 1.51. The van der Waals surface area contributed by atoms with Crippen LogP contribution in [0.4, 0.5) is 0 Å². The van der Waals surface area contributed by atoms with E-state index in [0.717, 1.165) is 19.5 Å². The SMILES string of the molecule is COC1CNC(C(=O)NCC(C)C)C1. The second kappa shape index (κ2) is 5.32. The molecule has 0 aromatic carbocycles. The second-order valence-corrected chi connectivity index (χ2v) is 4.19. The molecule has 1 heterocycles. The summed E-state index contributed by atoms with van der Waals surface area (Å²) >= 11 is 0. The molecular formula is C10H20N2O2. The molecule has 1 amide bonds. The van der Waals surface area contributed by atoms with Gasteiger partial charge in [0.15, 0.2) is 0 Å². The van der Waals surface area contributed by atoms with E-state index < -0.39 is 0 Å². The van der Waals surface area contributed by atoms with Crippen molar-refractivity contribution in [3.63, 3.8) is 0 Å². The number of methoxy groups -OCH3 is 1. The van der Waals surface area contributed by atoms with Crippen molar-refractivity contribution < 1.29 is 9.53 Å². The Morgan fingerprint density at radius 2 is 2.36 bits per heavy atom. The first kappa shape index (κ1) is 11.5. The van der Waals surface area contributed by atoms with Gasteiger partial charge in [-0.15, -0.1) is 0 Å². The Balaban J connectivity index is 2.25. The third kappa shape index (κ3) is 3.27. The highest BCUT2D eigenvalue weighted by molar-refractivity contribution is 5.82. The largest absolute Gasteiger partial charge is 0.380 e. The molecule has 1 rings (SSSR count). The topological polar surface area (TPSA) is 50.4 Å². The lowest BCUT2D eigenvalue weighted by Gasteiger charge is -2.12. The molecule has 1 aliphatic rings. The highest BCUT2D eigenvalue weighted by Crippen LogP contribution is 2.09. The van der Waals surface area contributed by atoms with E-state index in [1.165, 1.54) is 0 Å². The summed E-state index contributed by atoms with van der Waals surface area (Å²) < 4.78 is 5.17. The van der Waals surface area contributed by atoms with Crippen LogP contribution in [0.2, 0.25) is 0 Å². The van der Waals surface area contributed by atoms with Crippen LogP contribution < -0.4 is 10.6 Å². The number of amides is 1. The fourth-order valence-corrected chi connectivity index (χ4v) is 1.51. The minimum atomic E-state index is -0.0706. The van der Waals surface area contributed by atoms with E-state index in [9.17, 15) is 4.79 Å². The average molecular weight is 200 g/mol. The van der Waals surface area contributed by atoms with Crippen molar-refractivity contribution >= 4 is 5.91 Å². The molecule has 1 saturated heterocycles. The van der Waals surface area contributed by atoms with Crippen molar-refractivity contribution in [2.24, 2.45) is 5.92 Å². The van der Waals surface area contributed by atoms with Gasteiger partial charge in [0.2, 0.25) is 5.91 Å². The van der Waals surface area contributed by atoms with Crippen molar-refractivity contribution in [3.05, 3.63) is 0 Å². The lowest BCUT2D eigenvalue weighted by molar-refractivity contribution is -0.123. The van der Waals surface area contributed by atoms with E-state index in [-0.39, 0.29) is 18.1 Å². The molecule has 0 spiro atoms. The molecule has 4 nitrogen and oxygen atoms in total. The van der Waals surface area contributed by atoms with Crippen LogP contribution in [0.3, 0.4) is 0 Å². The molecule has 82 valence electrons. The highest BCUT2D eigenvalue weighted by atomic mass is 16.5. The van der Waals surface area contributed by atoms with Crippen LogP contribution in [-0.4, -0.2) is 38.3 Å². The molecule has 1 aliphatic heterocycles. The van der Waals surface area contributed by atoms with Gasteiger partial charge in [0, 0.05) is 20.2 Å². The van der Waals surface area contributed by atoms with Crippen LogP contribution >= 0.6 is 0 Å². The maximum atomic E-state index is 11.6. The van der Waals surface area contributed by atoms with Crippen LogP contribution in [0.25, 0.3) is 0 Å². The maximum Gasteiger partial charge on any atom is 0.237 e. The first-order chi connectivity index (χ1) is 6.63. The standard InChI is InChI=1S/C10H20N2O2/c1-7(2)5-12-10(13)9-4-8(14-3)6-11-9/h7-9,11H,4-6H2,1-3H3,(H,12,13). The molecule has 0 aromatic rings. The minimum Gasteiger partial charge on any atom is -0.380 e. The zero-order valence-electron chi connectivity index (χ0n) is 9.17. The zero-order chi connectivity index (χ0) is 10.6. The number of carbonyl (C=O) groups is 1. The summed E-state index contributed by atoms with van der Waals surface area (Å²) in [4.78, 5) is 11.6. The van der Waals surface area contributed by atoms with Crippen molar-refractivity contribution in [1.82, 2.24) is 10.6 Å². The van der Waals surface area contributed by atoms with Gasteiger partial charge in [-0.3, -0.25) is 4.79 Å². The normalized spacial score (nSPS) is 26.9. The van der Waals surface area contributed by atoms with Crippen molar-refractivity contribution in [2.75, 3.05) is 20.2 Å². The van der Waals surface area contributed by atoms with Crippen molar-refractivity contribution in [1.29, 1.82) is 0 Å². The fraction of sp³-hybridized carbons (Fsp3) is 0.900. The Bertz CT molecular complexity index is 195. The van der Waals surface area contributed by atoms with E-state index in [0.29, 0.717) is 5.92 Å². The summed E-state index contributed by atoms with van der Waals surface area (Å²) in [6.45, 7) is 5.69. The van der Waals surface area contributed by atoms with Gasteiger partial charge in [0.25, 0.3) is 0 Å². The quantitative estimate of drug-likeness (QED) is 0.678. The number of rotatable bonds is 4. The summed E-state index contributed by atoms with van der Waals surface area (Å²) in [5.74, 6) is 0.594. The number of carbonyl (C=O) groups excluding carboxylic acids is 1. The van der Waals surface area contributed by atoms with Gasteiger partial charge in [-0.25, -0.2) is 0 Å². The first-order valence-corrected chi connectivity index (χ1v) is 5.17. The number of ether oxygens (including phenoxy) is 1. The van der Waals surface area contributed by atoms with Crippen LogP contribution in [-0.2, 0) is 9.53 Å². The van der Waals surface area contributed by atoms with Gasteiger partial charge in [-0.1, -0.05) is 13.8 Å². The van der Waals surface area contributed by atoms with Crippen molar-refractivity contribution in [3.8, 4) is 0 Å². The predicted molar refractivity (Wildman–Crippen MR) is 55.1 cm³/mol. The number of hydrogen-bond donors (Lipinski definition) is 2. The van der Waals surface area contributed by atoms with Gasteiger partial charge in [0.05, 0.1) is 12.1 Å². The Morgan fingerprint density at radius 3 is 2.86 bits per heavy atom. The average Bonchev–Trinajstić information content (AvgIpc) is 2.62. The lowest BCUT2D eigenvalue weighted by Crippen LogP contribution is -2.41. The van der Waals surface area contributed by atoms with Crippen LogP contribution in [0.5, 0.6) is 0 Å². The first-order valence-electron chi connectivity index (χ1n) is 5.17. The summed E-state index contributed by atoms with van der Waals surface area (Å²) in [5.41, 5.74) is 0. The zero-order valence-corrected chi connectivity index (χ0v) is 9.17. The molecule has 2 unspecified atom stereocenters. The smallest absolute Gasteiger partial charge is 0.237 e. The summed E-state index contributed by atoms with van der Waals surface area (Å²) in [6.07, 6.45) is 0.963. The van der Waals surface area contributed by atoms with Crippen LogP contribution in [0.1, 0.15) is 20.3 Å². The third-order valence-corrected chi connectivity index (χ3v) is 2.42. The molecule has 2 atom stereocenters. The van der Waals surface area contributed by atoms with Crippen molar-refractivity contribution in [2.45, 2.75) is 32.4 Å². The Labute approximate surface area is 85.4 Å². The molecule has 14 heavy (non-hydrogen) atoms. The third-order valence-electron chi connectivity index (χ3n) is 2.42. The van der Waals surface area contributed by atoms with Gasteiger partial charge >= 0.3 is 0 Å². The second-order valence-electron chi connectivity index (χ2n) is 4.19. The van der Waals surface area contributed by atoms with E-state index in [1.807, 2.05) is 0 Å². The predicted octanol–water partition coefficient (Wildman–Crippen LogP) is 0.135. The van der Waals surface area contributed by atoms with Gasteiger partial charge in [-0.2, -0.15) is 0 Å². The Hall–Kier alpha value is -0.610. The van der Waals surface area contributed by atoms with E-state index in [1.54, 1.807) is 7.11 Å². The molecule has 0 aromatic heterocycles. The van der Waals surface area contributed by atoms with E-state index in [4.69, 9.17) is 4.74 Å². The molecule has 0 aliphatic carbocycles. The molecule has 0 bridgehead atoms. The molecule has 0 saturated carbocycles. The lowest BCUT2D eigenvalue weighted by atomic mass is 10.1. The van der Waals surface area contributed by atoms with E-state index in [2.05, 4.69) is 24.5 Å². The summed E-state index contributed by atoms with van der Waals surface area (Å²) in [6, 6.07) is -0.0706. The minimum absolute atomic E-state index is 0.0706. The van der Waals surface area contributed by atoms with Gasteiger partial charge in [0.1, 0.15) is 0 Å². The monoisotopic (exact) mass is 200 g/mol. The molecule has 1 fully saturated rings. The maximum absolute atomic E-state index is 11.6. The Kier molecular flexibility index (Phi) is 4.35. The number of nitrogens with one attached hydrogen (secondary N) is 2. The van der Waals surface area contributed by atoms with Crippen LogP contribution in [0.15, 0.2) is 0 Å². The van der Waals surface area contributed by atoms with Gasteiger partial charge in [-0.05, 0) is 12.3 Å². The molecular weight excluding hydrogens is 180 g/mol. The molecule has 2 N–H and O–H groups in total. The van der Waals surface area contributed by atoms with E-state index >= 15 is 0 Å². The molecule has 4 heteroatoms. The van der Waals surface area contributed by atoms with Gasteiger partial charge < -0.3 is 15.4 Å². The summed E-state index contributed by atoms with van der Waals surface area (Å²) in [7, 11) is 1.68.